The Kier molecular flexibility index (Phi) is 5.38. The molecule has 0 aliphatic heterocycles. The molecule has 1 amide bonds. The zero-order chi connectivity index (χ0) is 21.8. The first-order valence-electron chi connectivity index (χ1n) is 9.09. The van der Waals surface area contributed by atoms with Crippen LogP contribution >= 0.6 is 0 Å². The van der Waals surface area contributed by atoms with E-state index >= 15 is 0 Å². The van der Waals surface area contributed by atoms with Gasteiger partial charge in [-0.3, -0.25) is 4.79 Å². The average molecular weight is 423 g/mol. The highest BCUT2D eigenvalue weighted by atomic mass is 19.4. The summed E-state index contributed by atoms with van der Waals surface area (Å²) < 4.78 is 38.2. The Morgan fingerprint density at radius 1 is 1.10 bits per heavy atom. The van der Waals surface area contributed by atoms with Crippen LogP contribution < -0.4 is 4.91 Å². The highest BCUT2D eigenvalue weighted by Crippen LogP contribution is 2.29. The molecule has 0 atom stereocenters. The molecular formula is C21H14F3N6O+. The van der Waals surface area contributed by atoms with Gasteiger partial charge in [-0.15, -0.1) is 0 Å². The fourth-order valence-corrected chi connectivity index (χ4v) is 2.95. The van der Waals surface area contributed by atoms with E-state index in [1.54, 1.807) is 18.5 Å². The van der Waals surface area contributed by atoms with Crippen molar-refractivity contribution in [2.24, 2.45) is 10.2 Å². The van der Waals surface area contributed by atoms with Crippen LogP contribution in [0.25, 0.3) is 11.0 Å². The van der Waals surface area contributed by atoms with Crippen LogP contribution in [-0.2, 0) is 12.6 Å². The second-order valence-corrected chi connectivity index (χ2v) is 6.59. The summed E-state index contributed by atoms with van der Waals surface area (Å²) in [5.41, 5.74) is 1.64. The number of alkyl halides is 3. The summed E-state index contributed by atoms with van der Waals surface area (Å²) in [5.74, 6) is -0.718. The largest absolute Gasteiger partial charge is 0.416 e. The van der Waals surface area contributed by atoms with Crippen molar-refractivity contribution in [3.8, 4) is 0 Å². The van der Waals surface area contributed by atoms with Crippen LogP contribution in [0.5, 0.6) is 0 Å². The first-order chi connectivity index (χ1) is 14.9. The Labute approximate surface area is 173 Å². The quantitative estimate of drug-likeness (QED) is 0.369. The van der Waals surface area contributed by atoms with E-state index in [-0.39, 0.29) is 11.4 Å². The highest BCUT2D eigenvalue weighted by molar-refractivity contribution is 5.94. The van der Waals surface area contributed by atoms with Crippen LogP contribution in [0.2, 0.25) is 0 Å². The molecule has 3 aromatic heterocycles. The maximum Gasteiger partial charge on any atom is 0.416 e. The first-order valence-corrected chi connectivity index (χ1v) is 9.09. The average Bonchev–Trinajstić information content (AvgIpc) is 3.17. The smallest absolute Gasteiger partial charge is 0.346 e. The molecule has 7 nitrogen and oxygen atoms in total. The lowest BCUT2D eigenvalue weighted by Gasteiger charge is -2.05. The Hall–Kier alpha value is -4.17. The summed E-state index contributed by atoms with van der Waals surface area (Å²) in [5, 5.41) is 8.08. The minimum absolute atomic E-state index is 0.213. The predicted molar refractivity (Wildman–Crippen MR) is 106 cm³/mol. The van der Waals surface area contributed by atoms with Crippen molar-refractivity contribution >= 4 is 22.8 Å². The molecule has 0 fully saturated rings. The number of amides is 1. The van der Waals surface area contributed by atoms with E-state index in [4.69, 9.17) is 0 Å². The van der Waals surface area contributed by atoms with Crippen molar-refractivity contribution in [3.05, 3.63) is 89.4 Å². The molecule has 0 saturated carbocycles. The van der Waals surface area contributed by atoms with Crippen molar-refractivity contribution in [3.63, 3.8) is 0 Å². The molecule has 154 valence electrons. The number of H-pyrrole nitrogens is 1. The SMILES string of the molecule is O=C(N=[N+]=Nc1ccc(Cc2c[nH]c3ncccc23)cn1)c1cccc(C(F)(F)F)c1. The van der Waals surface area contributed by atoms with Crippen LogP contribution in [0.4, 0.5) is 19.0 Å². The number of halogens is 3. The van der Waals surface area contributed by atoms with Crippen molar-refractivity contribution in [2.75, 3.05) is 0 Å². The maximum absolute atomic E-state index is 12.7. The summed E-state index contributed by atoms with van der Waals surface area (Å²) in [4.78, 5) is 26.8. The summed E-state index contributed by atoms with van der Waals surface area (Å²) >= 11 is 0. The molecule has 1 aromatic carbocycles. The molecule has 0 spiro atoms. The van der Waals surface area contributed by atoms with Crippen LogP contribution in [0, 0.1) is 0 Å². The lowest BCUT2D eigenvalue weighted by Crippen LogP contribution is -2.06. The second-order valence-electron chi connectivity index (χ2n) is 6.59. The third-order valence-corrected chi connectivity index (χ3v) is 4.46. The monoisotopic (exact) mass is 423 g/mol. The van der Waals surface area contributed by atoms with Crippen LogP contribution in [-0.4, -0.2) is 20.9 Å². The number of hydrogen-bond acceptors (Lipinski definition) is 4. The molecule has 3 heterocycles. The van der Waals surface area contributed by atoms with Crippen molar-refractivity contribution in [1.82, 2.24) is 19.9 Å². The van der Waals surface area contributed by atoms with Gasteiger partial charge < -0.3 is 4.98 Å². The van der Waals surface area contributed by atoms with Crippen molar-refractivity contribution in [1.29, 1.82) is 0 Å². The van der Waals surface area contributed by atoms with E-state index in [2.05, 4.69) is 30.1 Å². The van der Waals surface area contributed by atoms with E-state index < -0.39 is 17.6 Å². The van der Waals surface area contributed by atoms with Gasteiger partial charge in [0.05, 0.1) is 5.56 Å². The molecule has 0 aliphatic rings. The lowest BCUT2D eigenvalue weighted by molar-refractivity contribution is -0.137. The van der Waals surface area contributed by atoms with E-state index in [0.717, 1.165) is 34.3 Å². The number of fused-ring (bicyclic) bond motifs is 1. The number of aromatic nitrogens is 3. The number of nitrogens with zero attached hydrogens (tertiary/aromatic N) is 5. The standard InChI is InChI=1S/C21H13F3N6O/c22-21(23,24)16-4-1-3-14(10-16)20(31)29-30-28-18-7-6-13(11-26-18)9-15-12-27-19-17(15)5-2-8-25-19/h1-8,10-12H,9H2/p+1. The van der Waals surface area contributed by atoms with Gasteiger partial charge in [0.25, 0.3) is 0 Å². The van der Waals surface area contributed by atoms with Crippen molar-refractivity contribution < 1.29 is 18.0 Å². The minimum Gasteiger partial charge on any atom is -0.346 e. The van der Waals surface area contributed by atoms with E-state index in [1.807, 2.05) is 24.4 Å². The molecule has 10 heteroatoms. The van der Waals surface area contributed by atoms with Gasteiger partial charge in [-0.2, -0.15) is 13.2 Å². The first kappa shape index (κ1) is 20.1. The molecule has 0 aliphatic carbocycles. The number of benzene rings is 1. The molecule has 4 aromatic rings. The van der Waals surface area contributed by atoms with Gasteiger partial charge in [0, 0.05) is 36.0 Å². The van der Waals surface area contributed by atoms with Gasteiger partial charge in [0.2, 0.25) is 15.8 Å². The fourth-order valence-electron chi connectivity index (χ4n) is 2.95. The fraction of sp³-hybridized carbons (Fsp3) is 0.0952. The van der Waals surface area contributed by atoms with E-state index in [9.17, 15) is 18.0 Å². The highest BCUT2D eigenvalue weighted by Gasteiger charge is 2.31. The van der Waals surface area contributed by atoms with E-state index in [0.29, 0.717) is 12.5 Å². The molecule has 4 rings (SSSR count). The molecule has 0 radical (unpaired) electrons. The van der Waals surface area contributed by atoms with Gasteiger partial charge in [-0.1, -0.05) is 12.1 Å². The number of pyridine rings is 2. The molecular weight excluding hydrogens is 409 g/mol. The Morgan fingerprint density at radius 3 is 2.74 bits per heavy atom. The number of aromatic amines is 1. The normalized spacial score (nSPS) is 11.2. The third-order valence-electron chi connectivity index (χ3n) is 4.46. The number of carbonyl (C=O) groups is 1. The summed E-state index contributed by atoms with van der Waals surface area (Å²) in [7, 11) is 0. The zero-order valence-corrected chi connectivity index (χ0v) is 15.8. The number of carbonyl (C=O) groups excluding carboxylic acids is 1. The van der Waals surface area contributed by atoms with Gasteiger partial charge in [-0.25, -0.2) is 9.97 Å². The number of rotatable bonds is 4. The topological polar surface area (TPSA) is 97.5 Å². The Bertz CT molecular complexity index is 1300. The number of nitrogens with one attached hydrogen (secondary N) is 1. The zero-order valence-electron chi connectivity index (χ0n) is 15.8. The van der Waals surface area contributed by atoms with Crippen LogP contribution in [0.15, 0.2) is 77.3 Å². The van der Waals surface area contributed by atoms with Gasteiger partial charge in [-0.05, 0) is 47.5 Å². The van der Waals surface area contributed by atoms with Gasteiger partial charge in [0.15, 0.2) is 5.11 Å². The summed E-state index contributed by atoms with van der Waals surface area (Å²) in [6, 6.07) is 11.2. The van der Waals surface area contributed by atoms with Gasteiger partial charge in [0.1, 0.15) is 5.65 Å². The summed E-state index contributed by atoms with van der Waals surface area (Å²) in [6.45, 7) is 0. The molecule has 0 saturated heterocycles. The second kappa shape index (κ2) is 8.29. The molecule has 0 bridgehead atoms. The van der Waals surface area contributed by atoms with Gasteiger partial charge >= 0.3 is 12.1 Å². The molecule has 0 unspecified atom stereocenters. The number of hydrogen-bond donors (Lipinski definition) is 1. The van der Waals surface area contributed by atoms with Crippen molar-refractivity contribution in [2.45, 2.75) is 12.6 Å². The van der Waals surface area contributed by atoms with Crippen LogP contribution in [0.1, 0.15) is 27.0 Å². The Morgan fingerprint density at radius 2 is 1.97 bits per heavy atom. The predicted octanol–water partition coefficient (Wildman–Crippen LogP) is 5.01. The lowest BCUT2D eigenvalue weighted by atomic mass is 10.1. The Balaban J connectivity index is 1.45. The minimum atomic E-state index is -4.55. The molecule has 1 N–H and O–H groups in total. The third kappa shape index (κ3) is 4.71. The summed E-state index contributed by atoms with van der Waals surface area (Å²) in [6.07, 6.45) is 1.32. The maximum atomic E-state index is 12.7. The van der Waals surface area contributed by atoms with E-state index in [1.165, 1.54) is 6.07 Å². The van der Waals surface area contributed by atoms with Crippen LogP contribution in [0.3, 0.4) is 0 Å². The molecule has 31 heavy (non-hydrogen) atoms.